The highest BCUT2D eigenvalue weighted by Gasteiger charge is 2.12. The number of nitrogens with zero attached hydrogens (tertiary/aromatic N) is 2. The van der Waals surface area contributed by atoms with E-state index in [1.165, 1.54) is 0 Å². The van der Waals surface area contributed by atoms with E-state index in [2.05, 4.69) is 15.3 Å². The molecule has 1 heterocycles. The summed E-state index contributed by atoms with van der Waals surface area (Å²) < 4.78 is 0. The zero-order chi connectivity index (χ0) is 15.9. The summed E-state index contributed by atoms with van der Waals surface area (Å²) >= 11 is 1.74. The first-order valence-corrected chi connectivity index (χ1v) is 8.53. The van der Waals surface area contributed by atoms with Crippen LogP contribution in [0.3, 0.4) is 0 Å². The number of phenolic OH excluding ortho intramolecular Hbond substituents is 1. The molecule has 0 spiro atoms. The molecule has 0 amide bonds. The Morgan fingerprint density at radius 1 is 1.27 bits per heavy atom. The quantitative estimate of drug-likeness (QED) is 0.728. The minimum atomic E-state index is -0.0426. The predicted molar refractivity (Wildman–Crippen MR) is 91.4 cm³/mol. The molecule has 118 valence electrons. The van der Waals surface area contributed by atoms with Gasteiger partial charge in [0.05, 0.1) is 18.2 Å². The largest absolute Gasteiger partial charge is 0.507 e. The summed E-state index contributed by atoms with van der Waals surface area (Å²) in [6, 6.07) is 8.79. The molecule has 22 heavy (non-hydrogen) atoms. The Labute approximate surface area is 134 Å². The molecule has 0 aliphatic heterocycles. The molecular weight excluding hydrogens is 298 g/mol. The Bertz CT molecular complexity index is 622. The molecule has 2 aromatic rings. The number of aromatic hydroxyl groups is 1. The van der Waals surface area contributed by atoms with Crippen molar-refractivity contribution in [3.63, 3.8) is 0 Å². The number of aliphatic hydroxyl groups excluding tert-OH is 1. The molecule has 3 N–H and O–H groups in total. The third-order valence-electron chi connectivity index (χ3n) is 3.24. The van der Waals surface area contributed by atoms with Gasteiger partial charge in [0.25, 0.3) is 0 Å². The predicted octanol–water partition coefficient (Wildman–Crippen LogP) is 2.68. The lowest BCUT2D eigenvalue weighted by atomic mass is 10.2. The second kappa shape index (κ2) is 8.00. The van der Waals surface area contributed by atoms with Crippen LogP contribution in [0.1, 0.15) is 12.1 Å². The van der Waals surface area contributed by atoms with E-state index in [9.17, 15) is 10.2 Å². The number of aromatic nitrogens is 2. The maximum Gasteiger partial charge on any atom is 0.165 e. The lowest BCUT2D eigenvalue weighted by molar-refractivity contribution is 0.272. The number of aryl methyl sites for hydroxylation is 1. The molecule has 2 rings (SSSR count). The third kappa shape index (κ3) is 4.35. The van der Waals surface area contributed by atoms with Gasteiger partial charge in [0.1, 0.15) is 11.6 Å². The van der Waals surface area contributed by atoms with Crippen molar-refractivity contribution >= 4 is 17.6 Å². The number of hydrogen-bond acceptors (Lipinski definition) is 6. The standard InChI is InChI=1S/C16H21N3O2S/c1-11-9-15(18-12(10-20)7-8-22-2)19-16(17-11)13-5-3-4-6-14(13)21/h3-6,9,12,20-21H,7-8,10H2,1-2H3,(H,17,18,19). The van der Waals surface area contributed by atoms with Crippen molar-refractivity contribution in [2.45, 2.75) is 19.4 Å². The third-order valence-corrected chi connectivity index (χ3v) is 3.89. The van der Waals surface area contributed by atoms with E-state index in [0.717, 1.165) is 17.9 Å². The smallest absolute Gasteiger partial charge is 0.165 e. The van der Waals surface area contributed by atoms with Crippen LogP contribution >= 0.6 is 11.8 Å². The molecule has 6 heteroatoms. The second-order valence-corrected chi connectivity index (χ2v) is 6.03. The van der Waals surface area contributed by atoms with Gasteiger partial charge in [-0.2, -0.15) is 11.8 Å². The Morgan fingerprint density at radius 3 is 2.73 bits per heavy atom. The average Bonchev–Trinajstić information content (AvgIpc) is 2.51. The fourth-order valence-electron chi connectivity index (χ4n) is 2.10. The number of hydrogen-bond donors (Lipinski definition) is 3. The Morgan fingerprint density at radius 2 is 2.05 bits per heavy atom. The van der Waals surface area contributed by atoms with Crippen LogP contribution in [0.5, 0.6) is 5.75 Å². The van der Waals surface area contributed by atoms with Gasteiger partial charge in [-0.15, -0.1) is 0 Å². The first kappa shape index (κ1) is 16.6. The summed E-state index contributed by atoms with van der Waals surface area (Å²) in [6.45, 7) is 1.93. The molecule has 1 aromatic carbocycles. The van der Waals surface area contributed by atoms with Gasteiger partial charge < -0.3 is 15.5 Å². The van der Waals surface area contributed by atoms with Crippen LogP contribution in [0.15, 0.2) is 30.3 Å². The second-order valence-electron chi connectivity index (χ2n) is 5.04. The fourth-order valence-corrected chi connectivity index (χ4v) is 2.62. The van der Waals surface area contributed by atoms with Crippen molar-refractivity contribution in [3.05, 3.63) is 36.0 Å². The molecule has 1 atom stereocenters. The van der Waals surface area contributed by atoms with Crippen molar-refractivity contribution in [1.82, 2.24) is 9.97 Å². The van der Waals surface area contributed by atoms with Gasteiger partial charge in [0, 0.05) is 11.8 Å². The van der Waals surface area contributed by atoms with E-state index in [1.54, 1.807) is 30.0 Å². The molecule has 0 radical (unpaired) electrons. The molecule has 0 fully saturated rings. The van der Waals surface area contributed by atoms with Gasteiger partial charge in [-0.1, -0.05) is 12.1 Å². The molecular formula is C16H21N3O2S. The summed E-state index contributed by atoms with van der Waals surface area (Å²) in [5, 5.41) is 22.6. The maximum absolute atomic E-state index is 9.95. The average molecular weight is 319 g/mol. The van der Waals surface area contributed by atoms with Gasteiger partial charge in [0.15, 0.2) is 5.82 Å². The van der Waals surface area contributed by atoms with Crippen molar-refractivity contribution in [1.29, 1.82) is 0 Å². The van der Waals surface area contributed by atoms with Gasteiger partial charge in [-0.25, -0.2) is 9.97 Å². The number of rotatable bonds is 7. The number of anilines is 1. The summed E-state index contributed by atoms with van der Waals surface area (Å²) in [7, 11) is 0. The Hall–Kier alpha value is -1.79. The molecule has 5 nitrogen and oxygen atoms in total. The van der Waals surface area contributed by atoms with E-state index in [4.69, 9.17) is 0 Å². The highest BCUT2D eigenvalue weighted by molar-refractivity contribution is 7.98. The Balaban J connectivity index is 2.25. The number of aliphatic hydroxyl groups is 1. The van der Waals surface area contributed by atoms with Crippen LogP contribution in [-0.4, -0.2) is 44.8 Å². The molecule has 0 aliphatic carbocycles. The lowest BCUT2D eigenvalue weighted by Crippen LogP contribution is -2.25. The topological polar surface area (TPSA) is 78.3 Å². The highest BCUT2D eigenvalue weighted by Crippen LogP contribution is 2.27. The minimum absolute atomic E-state index is 0.0426. The molecule has 1 unspecified atom stereocenters. The minimum Gasteiger partial charge on any atom is -0.507 e. The number of benzene rings is 1. The first-order chi connectivity index (χ1) is 10.6. The number of thioether (sulfide) groups is 1. The zero-order valence-electron chi connectivity index (χ0n) is 12.8. The van der Waals surface area contributed by atoms with E-state index >= 15 is 0 Å². The van der Waals surface area contributed by atoms with Gasteiger partial charge >= 0.3 is 0 Å². The number of nitrogens with one attached hydrogen (secondary N) is 1. The monoisotopic (exact) mass is 319 g/mol. The summed E-state index contributed by atoms with van der Waals surface area (Å²) in [4.78, 5) is 8.84. The fraction of sp³-hybridized carbons (Fsp3) is 0.375. The first-order valence-electron chi connectivity index (χ1n) is 7.14. The van der Waals surface area contributed by atoms with Gasteiger partial charge in [-0.05, 0) is 37.5 Å². The van der Waals surface area contributed by atoms with Crippen LogP contribution in [0.4, 0.5) is 5.82 Å². The van der Waals surface area contributed by atoms with Crippen LogP contribution in [0, 0.1) is 6.92 Å². The van der Waals surface area contributed by atoms with Crippen molar-refractivity contribution in [2.24, 2.45) is 0 Å². The zero-order valence-corrected chi connectivity index (χ0v) is 13.6. The molecule has 0 bridgehead atoms. The van der Waals surface area contributed by atoms with Crippen LogP contribution in [0.2, 0.25) is 0 Å². The summed E-state index contributed by atoms with van der Waals surface area (Å²) in [5.41, 5.74) is 1.40. The lowest BCUT2D eigenvalue weighted by Gasteiger charge is -2.17. The van der Waals surface area contributed by atoms with E-state index in [-0.39, 0.29) is 18.4 Å². The highest BCUT2D eigenvalue weighted by atomic mass is 32.2. The molecule has 0 saturated carbocycles. The molecule has 1 aromatic heterocycles. The summed E-state index contributed by atoms with van der Waals surface area (Å²) in [5.74, 6) is 2.25. The molecule has 0 saturated heterocycles. The number of phenols is 1. The molecule has 0 aliphatic rings. The van der Waals surface area contributed by atoms with Crippen molar-refractivity contribution < 1.29 is 10.2 Å². The van der Waals surface area contributed by atoms with Crippen molar-refractivity contribution in [3.8, 4) is 17.1 Å². The van der Waals surface area contributed by atoms with Crippen LogP contribution < -0.4 is 5.32 Å². The van der Waals surface area contributed by atoms with E-state index < -0.39 is 0 Å². The van der Waals surface area contributed by atoms with Gasteiger partial charge in [-0.3, -0.25) is 0 Å². The maximum atomic E-state index is 9.95. The van der Waals surface area contributed by atoms with Crippen molar-refractivity contribution in [2.75, 3.05) is 23.9 Å². The normalized spacial score (nSPS) is 12.1. The van der Waals surface area contributed by atoms with E-state index in [0.29, 0.717) is 17.2 Å². The number of para-hydroxylation sites is 1. The Kier molecular flexibility index (Phi) is 6.03. The van der Waals surface area contributed by atoms with Crippen LogP contribution in [-0.2, 0) is 0 Å². The SMILES string of the molecule is CSCCC(CO)Nc1cc(C)nc(-c2ccccc2O)n1. The van der Waals surface area contributed by atoms with Gasteiger partial charge in [0.2, 0.25) is 0 Å². The van der Waals surface area contributed by atoms with Crippen LogP contribution in [0.25, 0.3) is 11.4 Å². The van der Waals surface area contributed by atoms with E-state index in [1.807, 2.05) is 25.3 Å². The summed E-state index contributed by atoms with van der Waals surface area (Å²) in [6.07, 6.45) is 2.90.